The summed E-state index contributed by atoms with van der Waals surface area (Å²) in [5, 5.41) is 3.11. The number of Topliss-reactive ketones (excluding diaryl/α,β-unsaturated/α-hetero) is 1. The maximum absolute atomic E-state index is 12.6. The number of amides is 2. The molecule has 0 saturated heterocycles. The summed E-state index contributed by atoms with van der Waals surface area (Å²) < 4.78 is 11.0. The number of fused-ring (bicyclic) bond motifs is 1. The standard InChI is InChI=1S/C21H21ClN2O5/c1-3-23-21(27)13(2)24-16-10-14(8-9-19(16)29-12-20(24)26)17(25)11-28-18-7-5-4-6-15(18)22/h4-10,13H,3,11-12H2,1-2H3,(H,23,27). The summed E-state index contributed by atoms with van der Waals surface area (Å²) in [6, 6.07) is 10.9. The Hall–Kier alpha value is -3.06. The van der Waals surface area contributed by atoms with Gasteiger partial charge in [0, 0.05) is 12.1 Å². The molecule has 0 bridgehead atoms. The predicted molar refractivity (Wildman–Crippen MR) is 109 cm³/mol. The molecule has 2 amide bonds. The molecule has 1 aliphatic heterocycles. The minimum Gasteiger partial charge on any atom is -0.484 e. The van der Waals surface area contributed by atoms with E-state index >= 15 is 0 Å². The fraction of sp³-hybridized carbons (Fsp3) is 0.286. The Balaban J connectivity index is 1.82. The lowest BCUT2D eigenvalue weighted by Gasteiger charge is -2.33. The summed E-state index contributed by atoms with van der Waals surface area (Å²) in [5.41, 5.74) is 0.714. The number of halogens is 1. The van der Waals surface area contributed by atoms with Crippen molar-refractivity contribution < 1.29 is 23.9 Å². The number of hydrogen-bond donors (Lipinski definition) is 1. The van der Waals surface area contributed by atoms with E-state index in [1.165, 1.54) is 4.90 Å². The van der Waals surface area contributed by atoms with Crippen molar-refractivity contribution in [3.8, 4) is 11.5 Å². The van der Waals surface area contributed by atoms with Crippen LogP contribution in [0, 0.1) is 0 Å². The van der Waals surface area contributed by atoms with Crippen molar-refractivity contribution in [3.05, 3.63) is 53.1 Å². The summed E-state index contributed by atoms with van der Waals surface area (Å²) in [4.78, 5) is 38.7. The summed E-state index contributed by atoms with van der Waals surface area (Å²) >= 11 is 6.04. The lowest BCUT2D eigenvalue weighted by molar-refractivity contribution is -0.127. The smallest absolute Gasteiger partial charge is 0.265 e. The SMILES string of the molecule is CCNC(=O)C(C)N1C(=O)COc2ccc(C(=O)COc3ccccc3Cl)cc21. The zero-order valence-electron chi connectivity index (χ0n) is 16.1. The van der Waals surface area contributed by atoms with Crippen LogP contribution in [-0.2, 0) is 9.59 Å². The first-order chi connectivity index (χ1) is 13.9. The van der Waals surface area contributed by atoms with Crippen LogP contribution in [0.5, 0.6) is 11.5 Å². The molecule has 2 aromatic carbocycles. The van der Waals surface area contributed by atoms with Crippen LogP contribution >= 0.6 is 11.6 Å². The van der Waals surface area contributed by atoms with Crippen molar-refractivity contribution in [1.82, 2.24) is 5.32 Å². The summed E-state index contributed by atoms with van der Waals surface area (Å²) in [7, 11) is 0. The summed E-state index contributed by atoms with van der Waals surface area (Å²) in [6.07, 6.45) is 0. The van der Waals surface area contributed by atoms with E-state index in [9.17, 15) is 14.4 Å². The van der Waals surface area contributed by atoms with Gasteiger partial charge in [-0.1, -0.05) is 23.7 Å². The lowest BCUT2D eigenvalue weighted by atomic mass is 10.1. The van der Waals surface area contributed by atoms with Gasteiger partial charge in [0.1, 0.15) is 17.5 Å². The van der Waals surface area contributed by atoms with E-state index in [1.54, 1.807) is 56.3 Å². The van der Waals surface area contributed by atoms with Gasteiger partial charge in [-0.3, -0.25) is 19.3 Å². The van der Waals surface area contributed by atoms with Gasteiger partial charge in [0.15, 0.2) is 19.0 Å². The first-order valence-electron chi connectivity index (χ1n) is 9.19. The molecule has 1 heterocycles. The Morgan fingerprint density at radius 3 is 2.76 bits per heavy atom. The van der Waals surface area contributed by atoms with Gasteiger partial charge in [-0.25, -0.2) is 0 Å². The number of likely N-dealkylation sites (N-methyl/N-ethyl adjacent to an activating group) is 1. The van der Waals surface area contributed by atoms with Crippen LogP contribution < -0.4 is 19.7 Å². The number of nitrogens with one attached hydrogen (secondary N) is 1. The Bertz CT molecular complexity index is 946. The van der Waals surface area contributed by atoms with Gasteiger partial charge in [0.05, 0.1) is 10.7 Å². The third kappa shape index (κ3) is 4.51. The van der Waals surface area contributed by atoms with E-state index in [-0.39, 0.29) is 30.8 Å². The molecule has 0 fully saturated rings. The Morgan fingerprint density at radius 1 is 1.28 bits per heavy atom. The van der Waals surface area contributed by atoms with Crippen LogP contribution in [0.1, 0.15) is 24.2 Å². The third-order valence-corrected chi connectivity index (χ3v) is 4.79. The molecular weight excluding hydrogens is 396 g/mol. The zero-order chi connectivity index (χ0) is 21.0. The van der Waals surface area contributed by atoms with Crippen molar-refractivity contribution in [3.63, 3.8) is 0 Å². The number of ketones is 1. The second-order valence-electron chi connectivity index (χ2n) is 6.45. The molecule has 3 rings (SSSR count). The topological polar surface area (TPSA) is 84.9 Å². The average molecular weight is 417 g/mol. The Morgan fingerprint density at radius 2 is 2.03 bits per heavy atom. The molecule has 0 spiro atoms. The van der Waals surface area contributed by atoms with E-state index in [0.29, 0.717) is 34.3 Å². The number of benzene rings is 2. The van der Waals surface area contributed by atoms with E-state index in [0.717, 1.165) is 0 Å². The second-order valence-corrected chi connectivity index (χ2v) is 6.85. The maximum atomic E-state index is 12.6. The molecule has 1 N–H and O–H groups in total. The molecule has 1 unspecified atom stereocenters. The highest BCUT2D eigenvalue weighted by atomic mass is 35.5. The van der Waals surface area contributed by atoms with Crippen molar-refractivity contribution in [1.29, 1.82) is 0 Å². The molecule has 7 nitrogen and oxygen atoms in total. The minimum atomic E-state index is -0.741. The molecule has 0 saturated carbocycles. The maximum Gasteiger partial charge on any atom is 0.265 e. The Labute approximate surface area is 173 Å². The normalized spacial score (nSPS) is 13.9. The minimum absolute atomic E-state index is 0.167. The third-order valence-electron chi connectivity index (χ3n) is 4.47. The van der Waals surface area contributed by atoms with Crippen molar-refractivity contribution in [2.45, 2.75) is 19.9 Å². The summed E-state index contributed by atoms with van der Waals surface area (Å²) in [6.45, 7) is 3.50. The lowest BCUT2D eigenvalue weighted by Crippen LogP contribution is -2.51. The first-order valence-corrected chi connectivity index (χ1v) is 9.57. The number of para-hydroxylation sites is 1. The van der Waals surface area contributed by atoms with E-state index < -0.39 is 6.04 Å². The Kier molecular flexibility index (Phi) is 6.39. The molecule has 0 aliphatic carbocycles. The molecule has 29 heavy (non-hydrogen) atoms. The largest absolute Gasteiger partial charge is 0.484 e. The van der Waals surface area contributed by atoms with E-state index in [2.05, 4.69) is 5.32 Å². The van der Waals surface area contributed by atoms with Crippen LogP contribution in [0.2, 0.25) is 5.02 Å². The molecule has 2 aromatic rings. The molecular formula is C21H21ClN2O5. The second kappa shape index (κ2) is 8.96. The van der Waals surface area contributed by atoms with E-state index in [1.807, 2.05) is 0 Å². The highest BCUT2D eigenvalue weighted by molar-refractivity contribution is 6.32. The van der Waals surface area contributed by atoms with Gasteiger partial charge in [-0.15, -0.1) is 0 Å². The van der Waals surface area contributed by atoms with Crippen LogP contribution in [-0.4, -0.2) is 43.4 Å². The number of hydrogen-bond acceptors (Lipinski definition) is 5. The van der Waals surface area contributed by atoms with E-state index in [4.69, 9.17) is 21.1 Å². The fourth-order valence-corrected chi connectivity index (χ4v) is 3.19. The monoisotopic (exact) mass is 416 g/mol. The highest BCUT2D eigenvalue weighted by Gasteiger charge is 2.33. The molecule has 8 heteroatoms. The number of anilines is 1. The average Bonchev–Trinajstić information content (AvgIpc) is 2.72. The van der Waals surface area contributed by atoms with Gasteiger partial charge in [0.25, 0.3) is 5.91 Å². The molecule has 0 radical (unpaired) electrons. The van der Waals surface area contributed by atoms with Gasteiger partial charge in [0.2, 0.25) is 5.91 Å². The van der Waals surface area contributed by atoms with Gasteiger partial charge < -0.3 is 14.8 Å². The van der Waals surface area contributed by atoms with Crippen molar-refractivity contribution in [2.75, 3.05) is 24.7 Å². The van der Waals surface area contributed by atoms with Gasteiger partial charge in [-0.2, -0.15) is 0 Å². The zero-order valence-corrected chi connectivity index (χ0v) is 16.9. The molecule has 0 aromatic heterocycles. The number of rotatable bonds is 7. The fourth-order valence-electron chi connectivity index (χ4n) is 3.00. The van der Waals surface area contributed by atoms with Crippen molar-refractivity contribution >= 4 is 34.9 Å². The highest BCUT2D eigenvalue weighted by Crippen LogP contribution is 2.34. The number of carbonyl (C=O) groups excluding carboxylic acids is 3. The van der Waals surface area contributed by atoms with Crippen LogP contribution in [0.15, 0.2) is 42.5 Å². The van der Waals surface area contributed by atoms with Crippen molar-refractivity contribution in [2.24, 2.45) is 0 Å². The van der Waals surface area contributed by atoms with Gasteiger partial charge >= 0.3 is 0 Å². The first kappa shape index (κ1) is 20.7. The quantitative estimate of drug-likeness (QED) is 0.701. The van der Waals surface area contributed by atoms with Crippen LogP contribution in [0.4, 0.5) is 5.69 Å². The number of carbonyl (C=O) groups is 3. The summed E-state index contributed by atoms with van der Waals surface area (Å²) in [5.74, 6) is -0.0909. The van der Waals surface area contributed by atoms with Crippen LogP contribution in [0.3, 0.4) is 0 Å². The number of nitrogens with zero attached hydrogens (tertiary/aromatic N) is 1. The van der Waals surface area contributed by atoms with Gasteiger partial charge in [-0.05, 0) is 44.2 Å². The predicted octanol–water partition coefficient (Wildman–Crippen LogP) is 2.85. The van der Waals surface area contributed by atoms with Crippen LogP contribution in [0.25, 0.3) is 0 Å². The molecule has 1 aliphatic rings. The number of ether oxygens (including phenoxy) is 2. The molecule has 152 valence electrons. The molecule has 1 atom stereocenters.